The summed E-state index contributed by atoms with van der Waals surface area (Å²) < 4.78 is 6.07. The van der Waals surface area contributed by atoms with Crippen LogP contribution >= 0.6 is 0 Å². The first-order chi connectivity index (χ1) is 9.31. The van der Waals surface area contributed by atoms with Gasteiger partial charge in [0, 0.05) is 5.56 Å². The molecule has 1 fully saturated rings. The molecule has 1 saturated heterocycles. The van der Waals surface area contributed by atoms with Crippen LogP contribution in [0.5, 0.6) is 0 Å². The van der Waals surface area contributed by atoms with Crippen molar-refractivity contribution in [2.45, 2.75) is 25.0 Å². The summed E-state index contributed by atoms with van der Waals surface area (Å²) in [6.07, 6.45) is 6.60. The molecule has 2 aromatic rings. The van der Waals surface area contributed by atoms with Gasteiger partial charge in [0.25, 0.3) is 0 Å². The van der Waals surface area contributed by atoms with Crippen LogP contribution in [-0.2, 0) is 10.3 Å². The SMILES string of the molecule is C#Cc1ccccc1C1OC1(CC)c1ccccc1. The Bertz CT molecular complexity index is 624. The van der Waals surface area contributed by atoms with E-state index >= 15 is 0 Å². The van der Waals surface area contributed by atoms with E-state index in [-0.39, 0.29) is 11.7 Å². The summed E-state index contributed by atoms with van der Waals surface area (Å²) in [4.78, 5) is 0. The number of epoxide rings is 1. The summed E-state index contributed by atoms with van der Waals surface area (Å²) in [6, 6.07) is 18.4. The van der Waals surface area contributed by atoms with Gasteiger partial charge < -0.3 is 4.74 Å². The third-order valence-electron chi connectivity index (χ3n) is 3.88. The van der Waals surface area contributed by atoms with Crippen LogP contribution in [-0.4, -0.2) is 0 Å². The summed E-state index contributed by atoms with van der Waals surface area (Å²) >= 11 is 0. The summed E-state index contributed by atoms with van der Waals surface area (Å²) in [5, 5.41) is 0. The zero-order valence-corrected chi connectivity index (χ0v) is 11.0. The highest BCUT2D eigenvalue weighted by Gasteiger charge is 2.57. The van der Waals surface area contributed by atoms with Gasteiger partial charge in [0.1, 0.15) is 11.7 Å². The first-order valence-electron chi connectivity index (χ1n) is 6.60. The molecule has 1 heterocycles. The van der Waals surface area contributed by atoms with Gasteiger partial charge in [-0.25, -0.2) is 0 Å². The van der Waals surface area contributed by atoms with Crippen LogP contribution in [0.2, 0.25) is 0 Å². The normalized spacial score (nSPS) is 24.7. The second-order valence-corrected chi connectivity index (χ2v) is 4.84. The zero-order chi connectivity index (χ0) is 13.3. The molecule has 3 rings (SSSR count). The highest BCUT2D eigenvalue weighted by molar-refractivity contribution is 5.46. The van der Waals surface area contributed by atoms with Crippen LogP contribution in [0.25, 0.3) is 0 Å². The number of hydrogen-bond donors (Lipinski definition) is 0. The second kappa shape index (κ2) is 4.57. The predicted molar refractivity (Wildman–Crippen MR) is 76.6 cm³/mol. The number of terminal acetylenes is 1. The largest absolute Gasteiger partial charge is 0.356 e. The molecule has 2 aromatic carbocycles. The third kappa shape index (κ3) is 1.85. The first kappa shape index (κ1) is 12.0. The average Bonchev–Trinajstić information content (AvgIpc) is 3.24. The Morgan fingerprint density at radius 3 is 2.47 bits per heavy atom. The minimum atomic E-state index is -0.200. The molecule has 0 aliphatic carbocycles. The maximum atomic E-state index is 6.07. The predicted octanol–water partition coefficient (Wildman–Crippen LogP) is 4.04. The molecule has 0 radical (unpaired) electrons. The van der Waals surface area contributed by atoms with Gasteiger partial charge in [0.2, 0.25) is 0 Å². The van der Waals surface area contributed by atoms with E-state index in [2.05, 4.69) is 43.2 Å². The molecule has 0 amide bonds. The van der Waals surface area contributed by atoms with E-state index in [1.807, 2.05) is 24.3 Å². The van der Waals surface area contributed by atoms with Crippen LogP contribution in [0.4, 0.5) is 0 Å². The summed E-state index contributed by atoms with van der Waals surface area (Å²) in [5.41, 5.74) is 3.08. The number of ether oxygens (including phenoxy) is 1. The molecule has 1 heteroatoms. The van der Waals surface area contributed by atoms with Crippen molar-refractivity contribution in [2.75, 3.05) is 0 Å². The van der Waals surface area contributed by atoms with Crippen LogP contribution < -0.4 is 0 Å². The van der Waals surface area contributed by atoms with Gasteiger partial charge >= 0.3 is 0 Å². The molecule has 94 valence electrons. The van der Waals surface area contributed by atoms with Crippen molar-refractivity contribution < 1.29 is 4.74 Å². The molecule has 2 atom stereocenters. The summed E-state index contributed by atoms with van der Waals surface area (Å²) in [6.45, 7) is 2.16. The lowest BCUT2D eigenvalue weighted by Crippen LogP contribution is -2.08. The molecule has 0 bridgehead atoms. The minimum absolute atomic E-state index is 0.0761. The van der Waals surface area contributed by atoms with Gasteiger partial charge in [-0.15, -0.1) is 6.42 Å². The van der Waals surface area contributed by atoms with Gasteiger partial charge in [0.15, 0.2) is 0 Å². The highest BCUT2D eigenvalue weighted by Crippen LogP contribution is 2.59. The Morgan fingerprint density at radius 1 is 1.11 bits per heavy atom. The average molecular weight is 248 g/mol. The monoisotopic (exact) mass is 248 g/mol. The standard InChI is InChI=1S/C18H16O/c1-3-14-10-8-9-13-16(14)17-18(4-2,19-17)15-11-6-5-7-12-15/h1,5-13,17H,4H2,2H3. The fourth-order valence-electron chi connectivity index (χ4n) is 2.76. The Hall–Kier alpha value is -2.04. The molecule has 0 spiro atoms. The number of rotatable bonds is 3. The second-order valence-electron chi connectivity index (χ2n) is 4.84. The molecule has 2 unspecified atom stereocenters. The van der Waals surface area contributed by atoms with Crippen LogP contribution in [0.1, 0.15) is 36.1 Å². The van der Waals surface area contributed by atoms with Crippen molar-refractivity contribution in [2.24, 2.45) is 0 Å². The maximum absolute atomic E-state index is 6.07. The van der Waals surface area contributed by atoms with Gasteiger partial charge in [-0.1, -0.05) is 61.4 Å². The molecule has 1 aliphatic rings. The van der Waals surface area contributed by atoms with Crippen molar-refractivity contribution in [1.29, 1.82) is 0 Å². The smallest absolute Gasteiger partial charge is 0.124 e. The van der Waals surface area contributed by atoms with Gasteiger partial charge in [-0.05, 0) is 23.6 Å². The Morgan fingerprint density at radius 2 is 1.79 bits per heavy atom. The Balaban J connectivity index is 2.00. The van der Waals surface area contributed by atoms with E-state index in [0.717, 1.165) is 17.5 Å². The molecular weight excluding hydrogens is 232 g/mol. The molecule has 0 N–H and O–H groups in total. The maximum Gasteiger partial charge on any atom is 0.124 e. The van der Waals surface area contributed by atoms with Gasteiger partial charge in [0.05, 0.1) is 0 Å². The Labute approximate surface area is 114 Å². The lowest BCUT2D eigenvalue weighted by molar-refractivity contribution is 0.290. The third-order valence-corrected chi connectivity index (χ3v) is 3.88. The van der Waals surface area contributed by atoms with E-state index in [1.165, 1.54) is 5.56 Å². The fraction of sp³-hybridized carbons (Fsp3) is 0.222. The molecule has 1 nitrogen and oxygen atoms in total. The molecule has 19 heavy (non-hydrogen) atoms. The van der Waals surface area contributed by atoms with Crippen molar-refractivity contribution >= 4 is 0 Å². The van der Waals surface area contributed by atoms with Crippen molar-refractivity contribution in [3.05, 3.63) is 71.3 Å². The van der Waals surface area contributed by atoms with E-state index < -0.39 is 0 Å². The lowest BCUT2D eigenvalue weighted by atomic mass is 9.88. The van der Waals surface area contributed by atoms with Crippen LogP contribution in [0.15, 0.2) is 54.6 Å². The van der Waals surface area contributed by atoms with Crippen molar-refractivity contribution in [3.8, 4) is 12.3 Å². The first-order valence-corrected chi connectivity index (χ1v) is 6.60. The summed E-state index contributed by atoms with van der Waals surface area (Å²) in [7, 11) is 0. The molecule has 0 saturated carbocycles. The highest BCUT2D eigenvalue weighted by atomic mass is 16.6. The molecule has 0 aromatic heterocycles. The fourth-order valence-corrected chi connectivity index (χ4v) is 2.76. The number of benzene rings is 2. The lowest BCUT2D eigenvalue weighted by Gasteiger charge is -2.11. The summed E-state index contributed by atoms with van der Waals surface area (Å²) in [5.74, 6) is 2.75. The zero-order valence-electron chi connectivity index (χ0n) is 11.0. The van der Waals surface area contributed by atoms with E-state index in [0.29, 0.717) is 0 Å². The quantitative estimate of drug-likeness (QED) is 0.590. The number of hydrogen-bond acceptors (Lipinski definition) is 1. The van der Waals surface area contributed by atoms with Crippen LogP contribution in [0, 0.1) is 12.3 Å². The van der Waals surface area contributed by atoms with Crippen LogP contribution in [0.3, 0.4) is 0 Å². The van der Waals surface area contributed by atoms with Crippen molar-refractivity contribution in [3.63, 3.8) is 0 Å². The van der Waals surface area contributed by atoms with Crippen molar-refractivity contribution in [1.82, 2.24) is 0 Å². The van der Waals surface area contributed by atoms with E-state index in [9.17, 15) is 0 Å². The Kier molecular flexibility index (Phi) is 2.89. The molecule has 1 aliphatic heterocycles. The van der Waals surface area contributed by atoms with Gasteiger partial charge in [-0.2, -0.15) is 0 Å². The van der Waals surface area contributed by atoms with E-state index in [4.69, 9.17) is 11.2 Å². The minimum Gasteiger partial charge on any atom is -0.356 e. The van der Waals surface area contributed by atoms with E-state index in [1.54, 1.807) is 0 Å². The molecular formula is C18H16O. The van der Waals surface area contributed by atoms with Gasteiger partial charge in [-0.3, -0.25) is 0 Å². The topological polar surface area (TPSA) is 12.5 Å².